The summed E-state index contributed by atoms with van der Waals surface area (Å²) in [6.45, 7) is 3.48. The molecule has 0 bridgehead atoms. The van der Waals surface area contributed by atoms with Crippen LogP contribution in [-0.4, -0.2) is 53.8 Å². The molecule has 1 aliphatic heterocycles. The zero-order valence-corrected chi connectivity index (χ0v) is 17.3. The summed E-state index contributed by atoms with van der Waals surface area (Å²) in [5.41, 5.74) is 4.72. The molecule has 8 heteroatoms. The van der Waals surface area contributed by atoms with E-state index in [-0.39, 0.29) is 18.4 Å². The standard InChI is InChI=1S/C23H23N7O/c1-16-25-13-19(17-8-10-24-11-9-17)23(26-16)18-5-4-12-29(14-18)22(31)15-30-21-7-3-2-6-20(21)27-28-30/h2-3,6-11,13,18H,4-5,12,14-15H2,1H3/t18-/m0/s1. The van der Waals surface area contributed by atoms with Crippen molar-refractivity contribution >= 4 is 16.9 Å². The molecule has 0 spiro atoms. The minimum Gasteiger partial charge on any atom is -0.340 e. The Hall–Kier alpha value is -3.68. The Balaban J connectivity index is 1.38. The van der Waals surface area contributed by atoms with E-state index in [0.717, 1.165) is 53.1 Å². The van der Waals surface area contributed by atoms with Gasteiger partial charge < -0.3 is 4.90 Å². The molecule has 1 saturated heterocycles. The van der Waals surface area contributed by atoms with Crippen molar-refractivity contribution in [2.24, 2.45) is 0 Å². The summed E-state index contributed by atoms with van der Waals surface area (Å²) in [5.74, 6) is 0.956. The molecule has 156 valence electrons. The van der Waals surface area contributed by atoms with Crippen LogP contribution in [0.5, 0.6) is 0 Å². The lowest BCUT2D eigenvalue weighted by molar-refractivity contribution is -0.133. The molecule has 0 radical (unpaired) electrons. The Morgan fingerprint density at radius 1 is 1.16 bits per heavy atom. The first-order valence-electron chi connectivity index (χ1n) is 10.5. The highest BCUT2D eigenvalue weighted by atomic mass is 16.2. The number of aromatic nitrogens is 6. The van der Waals surface area contributed by atoms with Crippen LogP contribution in [0, 0.1) is 6.92 Å². The molecule has 31 heavy (non-hydrogen) atoms. The van der Waals surface area contributed by atoms with Gasteiger partial charge in [-0.2, -0.15) is 0 Å². The monoisotopic (exact) mass is 413 g/mol. The molecular weight excluding hydrogens is 390 g/mol. The summed E-state index contributed by atoms with van der Waals surface area (Å²) in [7, 11) is 0. The van der Waals surface area contributed by atoms with Gasteiger partial charge in [0.1, 0.15) is 17.9 Å². The van der Waals surface area contributed by atoms with Gasteiger partial charge >= 0.3 is 0 Å². The topological polar surface area (TPSA) is 89.7 Å². The first-order chi connectivity index (χ1) is 15.2. The second-order valence-corrected chi connectivity index (χ2v) is 7.87. The molecule has 4 heterocycles. The van der Waals surface area contributed by atoms with Gasteiger partial charge in [-0.15, -0.1) is 5.10 Å². The molecule has 1 aromatic carbocycles. The number of amides is 1. The van der Waals surface area contributed by atoms with E-state index >= 15 is 0 Å². The minimum absolute atomic E-state index is 0.0524. The highest BCUT2D eigenvalue weighted by Gasteiger charge is 2.28. The molecule has 4 aromatic rings. The molecule has 0 unspecified atom stereocenters. The second-order valence-electron chi connectivity index (χ2n) is 7.87. The fourth-order valence-corrected chi connectivity index (χ4v) is 4.24. The number of carbonyl (C=O) groups is 1. The molecule has 1 atom stereocenters. The predicted molar refractivity (Wildman–Crippen MR) is 116 cm³/mol. The number of hydrogen-bond acceptors (Lipinski definition) is 6. The van der Waals surface area contributed by atoms with Crippen LogP contribution in [0.4, 0.5) is 0 Å². The number of nitrogens with zero attached hydrogens (tertiary/aromatic N) is 7. The van der Waals surface area contributed by atoms with Crippen LogP contribution in [0.3, 0.4) is 0 Å². The second kappa shape index (κ2) is 8.22. The minimum atomic E-state index is 0.0524. The van der Waals surface area contributed by atoms with Gasteiger partial charge in [-0.1, -0.05) is 17.3 Å². The third-order valence-electron chi connectivity index (χ3n) is 5.80. The number of hydrogen-bond donors (Lipinski definition) is 0. The van der Waals surface area contributed by atoms with Crippen molar-refractivity contribution in [3.63, 3.8) is 0 Å². The van der Waals surface area contributed by atoms with Gasteiger partial charge in [-0.3, -0.25) is 9.78 Å². The summed E-state index contributed by atoms with van der Waals surface area (Å²) < 4.78 is 1.68. The molecule has 1 fully saturated rings. The smallest absolute Gasteiger partial charge is 0.244 e. The van der Waals surface area contributed by atoms with Crippen LogP contribution in [0.15, 0.2) is 55.0 Å². The number of benzene rings is 1. The Morgan fingerprint density at radius 2 is 2.00 bits per heavy atom. The number of piperidine rings is 1. The van der Waals surface area contributed by atoms with Gasteiger partial charge in [0.05, 0.1) is 11.2 Å². The molecule has 0 aliphatic carbocycles. The molecule has 1 amide bonds. The van der Waals surface area contributed by atoms with Crippen molar-refractivity contribution in [2.45, 2.75) is 32.2 Å². The van der Waals surface area contributed by atoms with Gasteiger partial charge in [-0.05, 0) is 49.6 Å². The highest BCUT2D eigenvalue weighted by Crippen LogP contribution is 2.33. The number of carbonyl (C=O) groups excluding carboxylic acids is 1. The van der Waals surface area contributed by atoms with Crippen molar-refractivity contribution in [1.82, 2.24) is 34.8 Å². The summed E-state index contributed by atoms with van der Waals surface area (Å²) in [4.78, 5) is 28.3. The Bertz CT molecular complexity index is 1220. The fourth-order valence-electron chi connectivity index (χ4n) is 4.24. The van der Waals surface area contributed by atoms with Crippen molar-refractivity contribution in [2.75, 3.05) is 13.1 Å². The molecule has 1 aliphatic rings. The van der Waals surface area contributed by atoms with E-state index in [0.29, 0.717) is 6.54 Å². The predicted octanol–water partition coefficient (Wildman–Crippen LogP) is 3.00. The van der Waals surface area contributed by atoms with E-state index in [4.69, 9.17) is 4.98 Å². The van der Waals surface area contributed by atoms with Gasteiger partial charge in [-0.25, -0.2) is 14.6 Å². The molecule has 5 rings (SSSR count). The lowest BCUT2D eigenvalue weighted by Gasteiger charge is -2.33. The number of aryl methyl sites for hydroxylation is 1. The van der Waals surface area contributed by atoms with Gasteiger partial charge in [0.2, 0.25) is 5.91 Å². The van der Waals surface area contributed by atoms with E-state index < -0.39 is 0 Å². The Kier molecular flexibility index (Phi) is 5.11. The first-order valence-corrected chi connectivity index (χ1v) is 10.5. The van der Waals surface area contributed by atoms with E-state index in [1.165, 1.54) is 0 Å². The summed E-state index contributed by atoms with van der Waals surface area (Å²) in [6.07, 6.45) is 7.36. The van der Waals surface area contributed by atoms with Crippen molar-refractivity contribution in [3.8, 4) is 11.1 Å². The fraction of sp³-hybridized carbons (Fsp3) is 0.304. The molecule has 0 saturated carbocycles. The number of pyridine rings is 1. The van der Waals surface area contributed by atoms with Crippen LogP contribution in [0.1, 0.15) is 30.3 Å². The van der Waals surface area contributed by atoms with E-state index in [1.54, 1.807) is 17.1 Å². The maximum atomic E-state index is 13.1. The SMILES string of the molecule is Cc1ncc(-c2ccncc2)c([C@H]2CCCN(C(=O)Cn3nnc4ccccc43)C2)n1. The average Bonchev–Trinajstić information content (AvgIpc) is 3.22. The van der Waals surface area contributed by atoms with Crippen molar-refractivity contribution in [3.05, 3.63) is 66.5 Å². The van der Waals surface area contributed by atoms with Crippen LogP contribution < -0.4 is 0 Å². The molecule has 3 aromatic heterocycles. The summed E-state index contributed by atoms with van der Waals surface area (Å²) >= 11 is 0. The van der Waals surface area contributed by atoms with Gasteiger partial charge in [0.15, 0.2) is 0 Å². The Labute approximate surface area is 180 Å². The maximum Gasteiger partial charge on any atom is 0.244 e. The summed E-state index contributed by atoms with van der Waals surface area (Å²) in [6, 6.07) is 11.6. The Morgan fingerprint density at radius 3 is 2.87 bits per heavy atom. The normalized spacial score (nSPS) is 16.5. The molecule has 0 N–H and O–H groups in total. The third-order valence-corrected chi connectivity index (χ3v) is 5.80. The van der Waals surface area contributed by atoms with Gasteiger partial charge in [0, 0.05) is 43.2 Å². The zero-order chi connectivity index (χ0) is 21.2. The van der Waals surface area contributed by atoms with E-state index in [1.807, 2.05) is 54.4 Å². The largest absolute Gasteiger partial charge is 0.340 e. The van der Waals surface area contributed by atoms with Crippen molar-refractivity contribution < 1.29 is 4.79 Å². The van der Waals surface area contributed by atoms with Crippen LogP contribution in [-0.2, 0) is 11.3 Å². The van der Waals surface area contributed by atoms with E-state index in [9.17, 15) is 4.79 Å². The van der Waals surface area contributed by atoms with Gasteiger partial charge in [0.25, 0.3) is 0 Å². The number of para-hydroxylation sites is 1. The van der Waals surface area contributed by atoms with Crippen LogP contribution in [0.2, 0.25) is 0 Å². The number of rotatable bonds is 4. The van der Waals surface area contributed by atoms with Crippen LogP contribution >= 0.6 is 0 Å². The van der Waals surface area contributed by atoms with E-state index in [2.05, 4.69) is 20.3 Å². The quantitative estimate of drug-likeness (QED) is 0.511. The average molecular weight is 413 g/mol. The maximum absolute atomic E-state index is 13.1. The summed E-state index contributed by atoms with van der Waals surface area (Å²) in [5, 5.41) is 8.32. The number of fused-ring (bicyclic) bond motifs is 1. The number of likely N-dealkylation sites (tertiary alicyclic amines) is 1. The lowest BCUT2D eigenvalue weighted by Crippen LogP contribution is -2.41. The van der Waals surface area contributed by atoms with Crippen molar-refractivity contribution in [1.29, 1.82) is 0 Å². The zero-order valence-electron chi connectivity index (χ0n) is 17.3. The third kappa shape index (κ3) is 3.88. The first kappa shape index (κ1) is 19.3. The lowest BCUT2D eigenvalue weighted by atomic mass is 9.90. The highest BCUT2D eigenvalue weighted by molar-refractivity contribution is 5.80. The van der Waals surface area contributed by atoms with Crippen LogP contribution in [0.25, 0.3) is 22.2 Å². The molecular formula is C23H23N7O. The molecule has 8 nitrogen and oxygen atoms in total.